The van der Waals surface area contributed by atoms with E-state index < -0.39 is 27.2 Å². The second kappa shape index (κ2) is 11.5. The molecule has 1 saturated heterocycles. The van der Waals surface area contributed by atoms with Crippen molar-refractivity contribution in [3.8, 4) is 5.75 Å². The Morgan fingerprint density at radius 3 is 2.24 bits per heavy atom. The molecule has 2 aliphatic rings. The zero-order valence-electron chi connectivity index (χ0n) is 25.5. The van der Waals surface area contributed by atoms with Crippen LogP contribution in [0.15, 0.2) is 58.1 Å². The maximum atomic E-state index is 13.1. The normalized spacial score (nSPS) is 20.1. The lowest BCUT2D eigenvalue weighted by atomic mass is 9.78. The summed E-state index contributed by atoms with van der Waals surface area (Å²) < 4.78 is 31.2. The summed E-state index contributed by atoms with van der Waals surface area (Å²) in [5.41, 5.74) is 1.52. The lowest BCUT2D eigenvalue weighted by Crippen LogP contribution is -2.62. The fourth-order valence-corrected chi connectivity index (χ4v) is 7.35. The molecule has 226 valence electrons. The van der Waals surface area contributed by atoms with Crippen LogP contribution in [0.3, 0.4) is 0 Å². The van der Waals surface area contributed by atoms with E-state index in [1.165, 1.54) is 35.7 Å². The van der Waals surface area contributed by atoms with Crippen molar-refractivity contribution in [3.63, 3.8) is 0 Å². The van der Waals surface area contributed by atoms with Gasteiger partial charge in [-0.2, -0.15) is 0 Å². The SMILES string of the molecule is Cc1ccc(S(=O)(=O)C(C)OC(=O)C2=CCS[C@@H]3[C@H](CN=Cc4cc(C(C)(C)C)c(O)c(C(C)(C)C)c4)C(=O)N23)cc1. The van der Waals surface area contributed by atoms with E-state index in [0.717, 1.165) is 22.3 Å². The van der Waals surface area contributed by atoms with Crippen molar-refractivity contribution < 1.29 is 27.9 Å². The van der Waals surface area contributed by atoms with Crippen LogP contribution in [-0.2, 0) is 35.0 Å². The van der Waals surface area contributed by atoms with Gasteiger partial charge in [-0.25, -0.2) is 13.2 Å². The number of benzene rings is 2. The molecule has 4 rings (SSSR count). The number of hydrogen-bond acceptors (Lipinski definition) is 8. The standard InChI is InChI=1S/C32H40N2O6S2/c1-19-9-11-22(12-10-19)42(38,39)20(2)40-30(37)26-13-14-41-29-23(28(36)34(26)29)18-33-17-21-15-24(31(3,4)5)27(35)25(16-21)32(6,7)8/h9-13,15-17,20,23,29,35H,14,18H2,1-8H3/t20?,23-,29-/m1/s1. The second-order valence-electron chi connectivity index (χ2n) is 12.9. The number of carbonyl (C=O) groups is 2. The highest BCUT2D eigenvalue weighted by Gasteiger charge is 2.52. The van der Waals surface area contributed by atoms with Crippen molar-refractivity contribution in [1.29, 1.82) is 0 Å². The number of rotatable bonds is 7. The Kier molecular flexibility index (Phi) is 8.73. The smallest absolute Gasteiger partial charge is 0.356 e. The minimum Gasteiger partial charge on any atom is -0.507 e. The van der Waals surface area contributed by atoms with Gasteiger partial charge in [-0.05, 0) is 60.6 Å². The van der Waals surface area contributed by atoms with Crippen molar-refractivity contribution >= 4 is 39.7 Å². The van der Waals surface area contributed by atoms with E-state index in [1.807, 2.05) is 60.6 Å². The molecule has 3 atom stereocenters. The molecular formula is C32H40N2O6S2. The highest BCUT2D eigenvalue weighted by molar-refractivity contribution is 8.00. The number of aliphatic imine (C=N–C) groups is 1. The molecule has 2 heterocycles. The summed E-state index contributed by atoms with van der Waals surface area (Å²) >= 11 is 1.52. The first-order valence-electron chi connectivity index (χ1n) is 14.0. The molecule has 0 saturated carbocycles. The van der Waals surface area contributed by atoms with E-state index in [2.05, 4.69) is 4.99 Å². The third kappa shape index (κ3) is 6.29. The first-order chi connectivity index (χ1) is 19.4. The van der Waals surface area contributed by atoms with Crippen molar-refractivity contribution in [1.82, 2.24) is 4.90 Å². The number of amides is 1. The molecule has 0 bridgehead atoms. The molecule has 1 unspecified atom stereocenters. The summed E-state index contributed by atoms with van der Waals surface area (Å²) in [4.78, 5) is 32.2. The summed E-state index contributed by atoms with van der Waals surface area (Å²) in [6, 6.07) is 10.2. The molecular weight excluding hydrogens is 572 g/mol. The monoisotopic (exact) mass is 612 g/mol. The molecule has 1 N–H and O–H groups in total. The molecule has 1 amide bonds. The number of aromatic hydroxyl groups is 1. The summed E-state index contributed by atoms with van der Waals surface area (Å²) in [5, 5.41) is 10.7. The van der Waals surface area contributed by atoms with Crippen LogP contribution >= 0.6 is 11.8 Å². The fraction of sp³-hybridized carbons (Fsp3) is 0.469. The van der Waals surface area contributed by atoms with Gasteiger partial charge in [0.1, 0.15) is 11.4 Å². The Labute approximate surface area is 253 Å². The van der Waals surface area contributed by atoms with Gasteiger partial charge < -0.3 is 9.84 Å². The molecule has 2 aromatic carbocycles. The van der Waals surface area contributed by atoms with E-state index >= 15 is 0 Å². The van der Waals surface area contributed by atoms with E-state index in [-0.39, 0.29) is 39.2 Å². The largest absolute Gasteiger partial charge is 0.507 e. The van der Waals surface area contributed by atoms with Crippen LogP contribution in [0, 0.1) is 12.8 Å². The zero-order valence-corrected chi connectivity index (χ0v) is 27.1. The Hall–Kier alpha value is -3.11. The van der Waals surface area contributed by atoms with Crippen molar-refractivity contribution in [2.75, 3.05) is 12.3 Å². The first kappa shape index (κ1) is 31.8. The number of hydrogen-bond donors (Lipinski definition) is 1. The van der Waals surface area contributed by atoms with Gasteiger partial charge in [0.15, 0.2) is 0 Å². The summed E-state index contributed by atoms with van der Waals surface area (Å²) in [6.45, 7) is 15.7. The Morgan fingerprint density at radius 2 is 1.69 bits per heavy atom. The first-order valence-corrected chi connectivity index (χ1v) is 16.6. The lowest BCUT2D eigenvalue weighted by molar-refractivity contribution is -0.154. The van der Waals surface area contributed by atoms with Crippen LogP contribution in [0.5, 0.6) is 5.75 Å². The number of carbonyl (C=O) groups excluding carboxylic acids is 2. The molecule has 8 nitrogen and oxygen atoms in total. The third-order valence-corrected chi connectivity index (χ3v) is 10.7. The number of phenolic OH excluding ortho intramolecular Hbond substituents is 1. The van der Waals surface area contributed by atoms with E-state index in [4.69, 9.17) is 4.74 Å². The van der Waals surface area contributed by atoms with Gasteiger partial charge in [0, 0.05) is 23.1 Å². The van der Waals surface area contributed by atoms with Crippen molar-refractivity contribution in [2.45, 2.75) is 81.9 Å². The average molecular weight is 613 g/mol. The summed E-state index contributed by atoms with van der Waals surface area (Å²) in [7, 11) is -3.91. The van der Waals surface area contributed by atoms with Gasteiger partial charge in [-0.3, -0.25) is 14.7 Å². The molecule has 2 aromatic rings. The zero-order chi connectivity index (χ0) is 31.2. The van der Waals surface area contributed by atoms with Gasteiger partial charge in [0.2, 0.25) is 21.2 Å². The number of β-lactam (4-membered cyclic amide) rings is 1. The topological polar surface area (TPSA) is 113 Å². The summed E-state index contributed by atoms with van der Waals surface area (Å²) in [5.74, 6) is -0.731. The highest BCUT2D eigenvalue weighted by atomic mass is 32.2. The molecule has 0 aromatic heterocycles. The number of fused-ring (bicyclic) bond motifs is 1. The Balaban J connectivity index is 1.45. The fourth-order valence-electron chi connectivity index (χ4n) is 4.98. The van der Waals surface area contributed by atoms with Crippen LogP contribution in [0.4, 0.5) is 0 Å². The molecule has 1 fully saturated rings. The summed E-state index contributed by atoms with van der Waals surface area (Å²) in [6.07, 6.45) is 3.33. The number of ether oxygens (including phenoxy) is 1. The van der Waals surface area contributed by atoms with Crippen LogP contribution in [0.2, 0.25) is 0 Å². The minimum atomic E-state index is -3.91. The van der Waals surface area contributed by atoms with Crippen molar-refractivity contribution in [2.24, 2.45) is 10.9 Å². The van der Waals surface area contributed by atoms with Crippen LogP contribution in [0.1, 0.15) is 70.7 Å². The van der Waals surface area contributed by atoms with E-state index in [0.29, 0.717) is 11.5 Å². The minimum absolute atomic E-state index is 0.0651. The third-order valence-electron chi connectivity index (χ3n) is 7.52. The number of nitrogens with zero attached hydrogens (tertiary/aromatic N) is 2. The maximum Gasteiger partial charge on any atom is 0.356 e. The van der Waals surface area contributed by atoms with Crippen LogP contribution in [-0.4, -0.2) is 59.6 Å². The molecule has 0 aliphatic carbocycles. The van der Waals surface area contributed by atoms with Gasteiger partial charge in [0.25, 0.3) is 0 Å². The molecule has 10 heteroatoms. The molecule has 0 spiro atoms. The Bertz CT molecular complexity index is 1510. The van der Waals surface area contributed by atoms with Gasteiger partial charge >= 0.3 is 5.97 Å². The average Bonchev–Trinajstić information content (AvgIpc) is 2.89. The predicted molar refractivity (Wildman–Crippen MR) is 167 cm³/mol. The predicted octanol–water partition coefficient (Wildman–Crippen LogP) is 5.49. The van der Waals surface area contributed by atoms with Gasteiger partial charge in [-0.1, -0.05) is 59.2 Å². The molecule has 42 heavy (non-hydrogen) atoms. The van der Waals surface area contributed by atoms with Gasteiger partial charge in [-0.15, -0.1) is 11.8 Å². The number of thioether (sulfide) groups is 1. The van der Waals surface area contributed by atoms with Crippen LogP contribution < -0.4 is 0 Å². The van der Waals surface area contributed by atoms with E-state index in [1.54, 1.807) is 24.4 Å². The molecule has 2 aliphatic heterocycles. The van der Waals surface area contributed by atoms with Crippen LogP contribution in [0.25, 0.3) is 0 Å². The number of sulfone groups is 1. The lowest BCUT2D eigenvalue weighted by Gasteiger charge is -2.48. The Morgan fingerprint density at radius 1 is 1.12 bits per heavy atom. The van der Waals surface area contributed by atoms with Gasteiger partial charge in [0.05, 0.1) is 22.7 Å². The van der Waals surface area contributed by atoms with Crippen molar-refractivity contribution in [3.05, 3.63) is 70.4 Å². The second-order valence-corrected chi connectivity index (χ2v) is 16.3. The maximum absolute atomic E-state index is 13.1. The quantitative estimate of drug-likeness (QED) is 0.250. The number of phenols is 1. The number of esters is 1. The number of aryl methyl sites for hydroxylation is 1. The molecule has 0 radical (unpaired) electrons. The highest BCUT2D eigenvalue weighted by Crippen LogP contribution is 2.42. The van der Waals surface area contributed by atoms with E-state index in [9.17, 15) is 23.1 Å².